The molecule has 1 heterocycles. The summed E-state index contributed by atoms with van der Waals surface area (Å²) in [5, 5.41) is 4.43. The number of nitrogens with two attached hydrogens (primary N) is 1. The van der Waals surface area contributed by atoms with Crippen LogP contribution in [0.2, 0.25) is 0 Å². The Morgan fingerprint density at radius 2 is 1.91 bits per heavy atom. The van der Waals surface area contributed by atoms with Gasteiger partial charge in [-0.3, -0.25) is 4.98 Å². The highest BCUT2D eigenvalue weighted by molar-refractivity contribution is 5.94. The van der Waals surface area contributed by atoms with Crippen LogP contribution in [0, 0.1) is 0 Å². The molecule has 0 spiro atoms. The van der Waals surface area contributed by atoms with Crippen molar-refractivity contribution in [2.24, 2.45) is 0 Å². The van der Waals surface area contributed by atoms with E-state index in [1.165, 1.54) is 0 Å². The molecular formula is C19H21N3O. The van der Waals surface area contributed by atoms with Gasteiger partial charge in [0, 0.05) is 28.6 Å². The van der Waals surface area contributed by atoms with Gasteiger partial charge in [0.25, 0.3) is 0 Å². The second-order valence-corrected chi connectivity index (χ2v) is 5.49. The first-order chi connectivity index (χ1) is 11.3. The molecular weight excluding hydrogens is 286 g/mol. The number of nitrogens with one attached hydrogen (secondary N) is 1. The van der Waals surface area contributed by atoms with Gasteiger partial charge in [-0.05, 0) is 55.0 Å². The van der Waals surface area contributed by atoms with E-state index in [4.69, 9.17) is 10.5 Å². The smallest absolute Gasteiger partial charge is 0.119 e. The van der Waals surface area contributed by atoms with E-state index in [1.54, 1.807) is 6.20 Å². The molecule has 0 unspecified atom stereocenters. The van der Waals surface area contributed by atoms with E-state index in [0.717, 1.165) is 53.2 Å². The lowest BCUT2D eigenvalue weighted by molar-refractivity contribution is 0.309. The molecule has 0 atom stereocenters. The van der Waals surface area contributed by atoms with Crippen molar-refractivity contribution in [1.82, 2.24) is 4.98 Å². The number of nitrogen functional groups attached to an aromatic ring is 1. The summed E-state index contributed by atoms with van der Waals surface area (Å²) in [5.74, 6) is 0.896. The maximum atomic E-state index is 5.89. The first-order valence-electron chi connectivity index (χ1n) is 7.90. The van der Waals surface area contributed by atoms with E-state index < -0.39 is 0 Å². The highest BCUT2D eigenvalue weighted by Crippen LogP contribution is 2.27. The van der Waals surface area contributed by atoms with Gasteiger partial charge in [0.1, 0.15) is 5.75 Å². The minimum Gasteiger partial charge on any atom is -0.494 e. The Morgan fingerprint density at radius 3 is 2.70 bits per heavy atom. The number of nitrogens with zero attached hydrogens (tertiary/aromatic N) is 1. The third-order valence-electron chi connectivity index (χ3n) is 3.67. The van der Waals surface area contributed by atoms with E-state index in [2.05, 4.69) is 17.2 Å². The minimum absolute atomic E-state index is 0.730. The fraction of sp³-hybridized carbons (Fsp3) is 0.211. The van der Waals surface area contributed by atoms with Crippen molar-refractivity contribution < 1.29 is 4.74 Å². The van der Waals surface area contributed by atoms with E-state index in [-0.39, 0.29) is 0 Å². The predicted octanol–water partition coefficient (Wildman–Crippen LogP) is 4.74. The summed E-state index contributed by atoms with van der Waals surface area (Å²) in [6, 6.07) is 15.7. The topological polar surface area (TPSA) is 60.2 Å². The zero-order chi connectivity index (χ0) is 16.1. The standard InChI is InChI=1S/C19H21N3O/c1-2-3-12-23-16-7-5-15(6-8-16)22-19-10-11-21-18-9-4-14(20)13-17(18)19/h4-11,13H,2-3,12,20H2,1H3,(H,21,22). The summed E-state index contributed by atoms with van der Waals surface area (Å²) in [4.78, 5) is 4.36. The molecule has 0 bridgehead atoms. The highest BCUT2D eigenvalue weighted by atomic mass is 16.5. The van der Waals surface area contributed by atoms with Crippen molar-refractivity contribution in [3.63, 3.8) is 0 Å². The number of fused-ring (bicyclic) bond motifs is 1. The fourth-order valence-corrected chi connectivity index (χ4v) is 2.40. The fourth-order valence-electron chi connectivity index (χ4n) is 2.40. The van der Waals surface area contributed by atoms with Crippen LogP contribution in [-0.4, -0.2) is 11.6 Å². The number of aromatic nitrogens is 1. The van der Waals surface area contributed by atoms with Crippen LogP contribution >= 0.6 is 0 Å². The molecule has 0 aliphatic heterocycles. The number of pyridine rings is 1. The molecule has 0 radical (unpaired) electrons. The molecule has 0 amide bonds. The molecule has 118 valence electrons. The summed E-state index contributed by atoms with van der Waals surface area (Å²) in [6.07, 6.45) is 4.01. The zero-order valence-electron chi connectivity index (χ0n) is 13.3. The Kier molecular flexibility index (Phi) is 4.62. The lowest BCUT2D eigenvalue weighted by atomic mass is 10.1. The van der Waals surface area contributed by atoms with Crippen molar-refractivity contribution in [3.05, 3.63) is 54.7 Å². The average Bonchev–Trinajstić information content (AvgIpc) is 2.57. The predicted molar refractivity (Wildman–Crippen MR) is 96.3 cm³/mol. The van der Waals surface area contributed by atoms with Crippen LogP contribution < -0.4 is 15.8 Å². The van der Waals surface area contributed by atoms with Gasteiger partial charge in [0.05, 0.1) is 12.1 Å². The van der Waals surface area contributed by atoms with Gasteiger partial charge >= 0.3 is 0 Å². The van der Waals surface area contributed by atoms with Crippen LogP contribution in [0.25, 0.3) is 10.9 Å². The van der Waals surface area contributed by atoms with Gasteiger partial charge in [0.2, 0.25) is 0 Å². The van der Waals surface area contributed by atoms with Crippen LogP contribution in [0.4, 0.5) is 17.1 Å². The van der Waals surface area contributed by atoms with Gasteiger partial charge in [-0.25, -0.2) is 0 Å². The largest absolute Gasteiger partial charge is 0.494 e. The number of rotatable bonds is 6. The maximum absolute atomic E-state index is 5.89. The molecule has 4 nitrogen and oxygen atoms in total. The molecule has 3 rings (SSSR count). The second-order valence-electron chi connectivity index (χ2n) is 5.49. The minimum atomic E-state index is 0.730. The summed E-state index contributed by atoms with van der Waals surface area (Å²) in [6.45, 7) is 2.92. The molecule has 3 aromatic rings. The Bertz CT molecular complexity index is 784. The number of anilines is 3. The van der Waals surface area contributed by atoms with Crippen LogP contribution in [-0.2, 0) is 0 Å². The van der Waals surface area contributed by atoms with Crippen molar-refractivity contribution in [1.29, 1.82) is 0 Å². The molecule has 0 aliphatic rings. The van der Waals surface area contributed by atoms with Crippen molar-refractivity contribution in [2.45, 2.75) is 19.8 Å². The van der Waals surface area contributed by atoms with Crippen LogP contribution in [0.15, 0.2) is 54.7 Å². The van der Waals surface area contributed by atoms with Gasteiger partial charge < -0.3 is 15.8 Å². The van der Waals surface area contributed by atoms with E-state index in [0.29, 0.717) is 0 Å². The Morgan fingerprint density at radius 1 is 1.09 bits per heavy atom. The Balaban J connectivity index is 1.78. The number of hydrogen-bond donors (Lipinski definition) is 2. The van der Waals surface area contributed by atoms with Gasteiger partial charge in [-0.15, -0.1) is 0 Å². The lowest BCUT2D eigenvalue weighted by Crippen LogP contribution is -1.97. The van der Waals surface area contributed by atoms with Crippen molar-refractivity contribution in [2.75, 3.05) is 17.7 Å². The molecule has 3 N–H and O–H groups in total. The van der Waals surface area contributed by atoms with Gasteiger partial charge in [-0.1, -0.05) is 13.3 Å². The zero-order valence-corrected chi connectivity index (χ0v) is 13.3. The Hall–Kier alpha value is -2.75. The van der Waals surface area contributed by atoms with Gasteiger partial charge in [0.15, 0.2) is 0 Å². The van der Waals surface area contributed by atoms with Crippen molar-refractivity contribution in [3.8, 4) is 5.75 Å². The molecule has 0 saturated heterocycles. The third kappa shape index (κ3) is 3.72. The maximum Gasteiger partial charge on any atom is 0.119 e. The molecule has 0 saturated carbocycles. The normalized spacial score (nSPS) is 10.7. The van der Waals surface area contributed by atoms with Crippen LogP contribution in [0.5, 0.6) is 5.75 Å². The Labute approximate surface area is 136 Å². The number of benzene rings is 2. The van der Waals surface area contributed by atoms with Crippen LogP contribution in [0.1, 0.15) is 19.8 Å². The van der Waals surface area contributed by atoms with E-state index >= 15 is 0 Å². The molecule has 0 aliphatic carbocycles. The lowest BCUT2D eigenvalue weighted by Gasteiger charge is -2.11. The number of unbranched alkanes of at least 4 members (excludes halogenated alkanes) is 1. The van der Waals surface area contributed by atoms with E-state index in [9.17, 15) is 0 Å². The number of hydrogen-bond acceptors (Lipinski definition) is 4. The molecule has 23 heavy (non-hydrogen) atoms. The monoisotopic (exact) mass is 307 g/mol. The second kappa shape index (κ2) is 7.01. The summed E-state index contributed by atoms with van der Waals surface area (Å²) < 4.78 is 5.68. The molecule has 2 aromatic carbocycles. The third-order valence-corrected chi connectivity index (χ3v) is 3.67. The number of ether oxygens (including phenoxy) is 1. The first kappa shape index (κ1) is 15.2. The van der Waals surface area contributed by atoms with Crippen LogP contribution in [0.3, 0.4) is 0 Å². The molecule has 1 aromatic heterocycles. The molecule has 4 heteroatoms. The van der Waals surface area contributed by atoms with E-state index in [1.807, 2.05) is 48.5 Å². The summed E-state index contributed by atoms with van der Waals surface area (Å²) in [7, 11) is 0. The average molecular weight is 307 g/mol. The van der Waals surface area contributed by atoms with Gasteiger partial charge in [-0.2, -0.15) is 0 Å². The first-order valence-corrected chi connectivity index (χ1v) is 7.90. The summed E-state index contributed by atoms with van der Waals surface area (Å²) >= 11 is 0. The quantitative estimate of drug-likeness (QED) is 0.510. The van der Waals surface area contributed by atoms with Crippen molar-refractivity contribution >= 4 is 28.0 Å². The summed E-state index contributed by atoms with van der Waals surface area (Å²) in [5.41, 5.74) is 9.53. The molecule has 0 fully saturated rings. The SMILES string of the molecule is CCCCOc1ccc(Nc2ccnc3ccc(N)cc23)cc1. The highest BCUT2D eigenvalue weighted by Gasteiger charge is 2.03.